The van der Waals surface area contributed by atoms with E-state index < -0.39 is 0 Å². The number of rotatable bonds is 6. The molecule has 1 N–H and O–H groups in total. The number of unbranched alkanes of at least 4 members (excludes halogenated alkanes) is 1. The zero-order valence-electron chi connectivity index (χ0n) is 15.6. The molecule has 1 aliphatic carbocycles. The number of nitrogens with zero attached hydrogens (tertiary/aromatic N) is 3. The number of hydrogen-bond acceptors (Lipinski definition) is 4. The topological polar surface area (TPSA) is 76.2 Å². The quantitative estimate of drug-likeness (QED) is 0.708. The van der Waals surface area contributed by atoms with Gasteiger partial charge in [0.15, 0.2) is 5.69 Å². The van der Waals surface area contributed by atoms with Gasteiger partial charge in [-0.15, -0.1) is 10.2 Å². The minimum absolute atomic E-state index is 0.0300. The van der Waals surface area contributed by atoms with Gasteiger partial charge in [-0.1, -0.05) is 32.6 Å². The minimum Gasteiger partial charge on any atom is -0.497 e. The summed E-state index contributed by atoms with van der Waals surface area (Å²) in [6.07, 6.45) is 7.07. The number of amides is 1. The van der Waals surface area contributed by atoms with Crippen molar-refractivity contribution in [3.8, 4) is 11.6 Å². The lowest BCUT2D eigenvalue weighted by molar-refractivity contribution is -0.122. The summed E-state index contributed by atoms with van der Waals surface area (Å²) in [7, 11) is 1.60. The molecule has 0 spiro atoms. The first-order chi connectivity index (χ1) is 12.7. The van der Waals surface area contributed by atoms with Crippen molar-refractivity contribution < 1.29 is 14.6 Å². The summed E-state index contributed by atoms with van der Waals surface area (Å²) in [4.78, 5) is 12.3. The molecule has 1 aromatic carbocycles. The molecule has 1 saturated carbocycles. The molecule has 3 rings (SSSR count). The molecule has 1 amide bonds. The first-order valence-electron chi connectivity index (χ1n) is 9.50. The van der Waals surface area contributed by atoms with Crippen LogP contribution in [0.5, 0.6) is 11.6 Å². The normalized spacial score (nSPS) is 15.8. The molecule has 6 nitrogen and oxygen atoms in total. The van der Waals surface area contributed by atoms with Gasteiger partial charge in [0.2, 0.25) is 5.88 Å². The van der Waals surface area contributed by atoms with Gasteiger partial charge in [0, 0.05) is 17.8 Å². The number of aromatic hydroxyl groups is 1. The summed E-state index contributed by atoms with van der Waals surface area (Å²) in [6, 6.07) is 5.60. The summed E-state index contributed by atoms with van der Waals surface area (Å²) in [5.74, 6) is 0.529. The molecular formula is C20H27N3O3. The average Bonchev–Trinajstić information content (AvgIpc) is 2.95. The van der Waals surface area contributed by atoms with Crippen LogP contribution in [0.25, 0.3) is 10.9 Å². The number of ether oxygens (including phenoxy) is 1. The lowest BCUT2D eigenvalue weighted by Crippen LogP contribution is -2.15. The summed E-state index contributed by atoms with van der Waals surface area (Å²) >= 11 is 0. The molecule has 1 aliphatic rings. The van der Waals surface area contributed by atoms with Crippen LogP contribution in [0.15, 0.2) is 28.4 Å². The molecule has 0 aliphatic heterocycles. The standard InChI is InChI=1S/C20H27N3O3/c1-3-4-12-23-17-11-10-15(26-2)13-16(17)18(20(23)25)21-22-19(24)14-8-6-5-7-9-14/h10-11,13-14,25H,3-9,12H2,1-2H3. The van der Waals surface area contributed by atoms with Crippen molar-refractivity contribution in [3.63, 3.8) is 0 Å². The Bertz CT molecular complexity index is 804. The summed E-state index contributed by atoms with van der Waals surface area (Å²) in [5, 5.41) is 19.5. The highest BCUT2D eigenvalue weighted by molar-refractivity contribution is 5.96. The molecular weight excluding hydrogens is 330 g/mol. The lowest BCUT2D eigenvalue weighted by atomic mass is 9.89. The maximum atomic E-state index is 12.3. The van der Waals surface area contributed by atoms with Crippen LogP contribution in [0.4, 0.5) is 5.69 Å². The predicted molar refractivity (Wildman–Crippen MR) is 101 cm³/mol. The number of benzene rings is 1. The van der Waals surface area contributed by atoms with E-state index in [4.69, 9.17) is 4.74 Å². The Balaban J connectivity index is 1.96. The summed E-state index contributed by atoms with van der Waals surface area (Å²) < 4.78 is 7.13. The summed E-state index contributed by atoms with van der Waals surface area (Å²) in [5.41, 5.74) is 1.22. The van der Waals surface area contributed by atoms with Gasteiger partial charge in [-0.25, -0.2) is 0 Å². The Hall–Kier alpha value is -2.37. The molecule has 0 unspecified atom stereocenters. The maximum Gasteiger partial charge on any atom is 0.267 e. The third-order valence-electron chi connectivity index (χ3n) is 5.16. The van der Waals surface area contributed by atoms with Gasteiger partial charge in [0.05, 0.1) is 12.6 Å². The molecule has 0 radical (unpaired) electrons. The molecule has 6 heteroatoms. The van der Waals surface area contributed by atoms with E-state index in [1.165, 1.54) is 6.42 Å². The molecule has 1 aromatic heterocycles. The molecule has 26 heavy (non-hydrogen) atoms. The van der Waals surface area contributed by atoms with Crippen molar-refractivity contribution in [2.45, 2.75) is 58.4 Å². The number of methoxy groups -OCH3 is 1. The Morgan fingerprint density at radius 1 is 1.31 bits per heavy atom. The van der Waals surface area contributed by atoms with Gasteiger partial charge in [-0.3, -0.25) is 4.79 Å². The van der Waals surface area contributed by atoms with Gasteiger partial charge in [-0.2, -0.15) is 0 Å². The van der Waals surface area contributed by atoms with Crippen LogP contribution in [-0.2, 0) is 11.3 Å². The van der Waals surface area contributed by atoms with E-state index in [-0.39, 0.29) is 17.7 Å². The van der Waals surface area contributed by atoms with Crippen LogP contribution in [0, 0.1) is 5.92 Å². The predicted octanol–water partition coefficient (Wildman–Crippen LogP) is 5.35. The van der Waals surface area contributed by atoms with Crippen molar-refractivity contribution in [2.75, 3.05) is 7.11 Å². The fourth-order valence-corrected chi connectivity index (χ4v) is 3.60. The van der Waals surface area contributed by atoms with Gasteiger partial charge < -0.3 is 14.4 Å². The average molecular weight is 357 g/mol. The second kappa shape index (κ2) is 8.34. The van der Waals surface area contributed by atoms with Crippen LogP contribution in [-0.4, -0.2) is 22.7 Å². The Kier molecular flexibility index (Phi) is 5.91. The molecule has 1 heterocycles. The molecule has 0 saturated heterocycles. The molecule has 2 aromatic rings. The SMILES string of the molecule is CCCCn1c(O)c(N=NC(=O)C2CCCCC2)c2cc(OC)ccc21. The van der Waals surface area contributed by atoms with E-state index in [1.807, 2.05) is 22.8 Å². The van der Waals surface area contributed by atoms with Gasteiger partial charge in [0.25, 0.3) is 5.91 Å². The maximum absolute atomic E-state index is 12.3. The van der Waals surface area contributed by atoms with Crippen molar-refractivity contribution >= 4 is 22.5 Å². The number of carbonyl (C=O) groups excluding carboxylic acids is 1. The van der Waals surface area contributed by atoms with Crippen molar-refractivity contribution in [3.05, 3.63) is 18.2 Å². The number of fused-ring (bicyclic) bond motifs is 1. The smallest absolute Gasteiger partial charge is 0.267 e. The molecule has 140 valence electrons. The van der Waals surface area contributed by atoms with Crippen LogP contribution >= 0.6 is 0 Å². The first-order valence-corrected chi connectivity index (χ1v) is 9.50. The van der Waals surface area contributed by atoms with E-state index in [2.05, 4.69) is 17.2 Å². The number of aryl methyl sites for hydroxylation is 1. The highest BCUT2D eigenvalue weighted by atomic mass is 16.5. The second-order valence-electron chi connectivity index (χ2n) is 6.93. The monoisotopic (exact) mass is 357 g/mol. The number of hydrogen-bond donors (Lipinski definition) is 1. The Morgan fingerprint density at radius 2 is 2.08 bits per heavy atom. The van der Waals surface area contributed by atoms with Gasteiger partial charge >= 0.3 is 0 Å². The van der Waals surface area contributed by atoms with E-state index in [0.717, 1.165) is 49.4 Å². The zero-order valence-corrected chi connectivity index (χ0v) is 15.6. The number of carbonyl (C=O) groups is 1. The zero-order chi connectivity index (χ0) is 18.5. The van der Waals surface area contributed by atoms with Crippen LogP contribution in [0.1, 0.15) is 51.9 Å². The highest BCUT2D eigenvalue weighted by Gasteiger charge is 2.22. The van der Waals surface area contributed by atoms with Crippen molar-refractivity contribution in [1.82, 2.24) is 4.57 Å². The Morgan fingerprint density at radius 3 is 2.77 bits per heavy atom. The van der Waals surface area contributed by atoms with E-state index >= 15 is 0 Å². The largest absolute Gasteiger partial charge is 0.497 e. The van der Waals surface area contributed by atoms with Crippen molar-refractivity contribution in [1.29, 1.82) is 0 Å². The van der Waals surface area contributed by atoms with E-state index in [0.29, 0.717) is 18.0 Å². The third kappa shape index (κ3) is 3.74. The number of aromatic nitrogens is 1. The van der Waals surface area contributed by atoms with Crippen LogP contribution in [0.3, 0.4) is 0 Å². The first kappa shape index (κ1) is 18.4. The van der Waals surface area contributed by atoms with E-state index in [1.54, 1.807) is 7.11 Å². The fraction of sp³-hybridized carbons (Fsp3) is 0.550. The van der Waals surface area contributed by atoms with Gasteiger partial charge in [0.1, 0.15) is 5.75 Å². The van der Waals surface area contributed by atoms with Crippen molar-refractivity contribution in [2.24, 2.45) is 16.1 Å². The third-order valence-corrected chi connectivity index (χ3v) is 5.16. The van der Waals surface area contributed by atoms with E-state index in [9.17, 15) is 9.90 Å². The second-order valence-corrected chi connectivity index (χ2v) is 6.93. The Labute approximate surface area is 153 Å². The minimum atomic E-state index is -0.179. The number of azo groups is 1. The molecule has 0 atom stereocenters. The lowest BCUT2D eigenvalue weighted by Gasteiger charge is -2.17. The van der Waals surface area contributed by atoms with Gasteiger partial charge in [-0.05, 0) is 37.5 Å². The van der Waals surface area contributed by atoms with Crippen LogP contribution < -0.4 is 4.74 Å². The highest BCUT2D eigenvalue weighted by Crippen LogP contribution is 2.41. The molecule has 1 fully saturated rings. The molecule has 0 bridgehead atoms. The fourth-order valence-electron chi connectivity index (χ4n) is 3.60. The summed E-state index contributed by atoms with van der Waals surface area (Å²) in [6.45, 7) is 2.80. The van der Waals surface area contributed by atoms with Crippen LogP contribution in [0.2, 0.25) is 0 Å².